The lowest BCUT2D eigenvalue weighted by Gasteiger charge is -2.10. The second-order valence-corrected chi connectivity index (χ2v) is 10.7. The van der Waals surface area contributed by atoms with Gasteiger partial charge in [-0.2, -0.15) is 0 Å². The van der Waals surface area contributed by atoms with Gasteiger partial charge < -0.3 is 10.3 Å². The number of fused-ring (bicyclic) bond motifs is 3. The Morgan fingerprint density at radius 3 is 2.84 bits per heavy atom. The van der Waals surface area contributed by atoms with Crippen molar-refractivity contribution >= 4 is 55.7 Å². The number of H-pyrrole nitrogens is 1. The molecule has 6 nitrogen and oxygen atoms in total. The third-order valence-electron chi connectivity index (χ3n) is 5.26. The molecule has 1 aliphatic rings. The van der Waals surface area contributed by atoms with Crippen molar-refractivity contribution in [1.29, 1.82) is 0 Å². The molecule has 0 fully saturated rings. The fraction of sp³-hybridized carbons (Fsp3) is 0.273. The molecule has 4 aromatic rings. The number of hydrogen-bond donors (Lipinski definition) is 2. The van der Waals surface area contributed by atoms with Gasteiger partial charge in [-0.1, -0.05) is 42.1 Å². The van der Waals surface area contributed by atoms with Crippen LogP contribution in [0.3, 0.4) is 0 Å². The molecule has 0 radical (unpaired) electrons. The minimum absolute atomic E-state index is 0.105. The molecule has 31 heavy (non-hydrogen) atoms. The van der Waals surface area contributed by atoms with E-state index in [4.69, 9.17) is 0 Å². The van der Waals surface area contributed by atoms with Crippen LogP contribution in [0.4, 0.5) is 5.13 Å². The fourth-order valence-electron chi connectivity index (χ4n) is 3.70. The zero-order chi connectivity index (χ0) is 21.4. The van der Waals surface area contributed by atoms with Crippen molar-refractivity contribution in [3.63, 3.8) is 0 Å². The average Bonchev–Trinajstić information content (AvgIpc) is 3.38. The van der Waals surface area contributed by atoms with Gasteiger partial charge in [-0.25, -0.2) is 9.97 Å². The van der Waals surface area contributed by atoms with E-state index in [1.165, 1.54) is 40.0 Å². The highest BCUT2D eigenvalue weighted by atomic mass is 32.2. The van der Waals surface area contributed by atoms with Crippen LogP contribution in [0.1, 0.15) is 30.2 Å². The number of aromatic nitrogens is 3. The second kappa shape index (κ2) is 8.57. The molecule has 0 bridgehead atoms. The van der Waals surface area contributed by atoms with Gasteiger partial charge in [0.1, 0.15) is 4.83 Å². The number of carbonyl (C=O) groups excluding carboxylic acids is 1. The van der Waals surface area contributed by atoms with Crippen LogP contribution in [-0.2, 0) is 17.6 Å². The van der Waals surface area contributed by atoms with Gasteiger partial charge in [0.05, 0.1) is 16.3 Å². The lowest BCUT2D eigenvalue weighted by molar-refractivity contribution is -0.115. The summed E-state index contributed by atoms with van der Waals surface area (Å²) in [5.74, 6) is -0.174. The number of amides is 1. The summed E-state index contributed by atoms with van der Waals surface area (Å²) < 4.78 is 0. The molecule has 5 rings (SSSR count). The maximum atomic E-state index is 12.7. The van der Waals surface area contributed by atoms with Crippen LogP contribution in [0, 0.1) is 0 Å². The Kier molecular flexibility index (Phi) is 5.64. The van der Waals surface area contributed by atoms with Crippen LogP contribution in [0.15, 0.2) is 45.7 Å². The maximum Gasteiger partial charge on any atom is 0.260 e. The zero-order valence-corrected chi connectivity index (χ0v) is 19.3. The van der Waals surface area contributed by atoms with E-state index in [1.54, 1.807) is 18.3 Å². The van der Waals surface area contributed by atoms with Gasteiger partial charge in [0.2, 0.25) is 5.91 Å². The first-order chi connectivity index (χ1) is 15.1. The molecule has 158 valence electrons. The third-order valence-corrected chi connectivity index (χ3v) is 8.19. The molecule has 1 aromatic carbocycles. The van der Waals surface area contributed by atoms with Crippen molar-refractivity contribution in [2.45, 2.75) is 43.0 Å². The fourth-order valence-corrected chi connectivity index (χ4v) is 6.54. The first-order valence-electron chi connectivity index (χ1n) is 10.1. The number of carbonyl (C=O) groups is 1. The van der Waals surface area contributed by atoms with Crippen LogP contribution < -0.4 is 10.9 Å². The smallest absolute Gasteiger partial charge is 0.260 e. The highest BCUT2D eigenvalue weighted by Crippen LogP contribution is 2.34. The van der Waals surface area contributed by atoms with Crippen molar-refractivity contribution in [2.75, 3.05) is 5.32 Å². The van der Waals surface area contributed by atoms with Crippen LogP contribution >= 0.6 is 34.4 Å². The molecule has 0 saturated carbocycles. The number of thioether (sulfide) groups is 1. The molecule has 1 aliphatic carbocycles. The molecule has 1 unspecified atom stereocenters. The van der Waals surface area contributed by atoms with E-state index < -0.39 is 5.25 Å². The summed E-state index contributed by atoms with van der Waals surface area (Å²) in [6.45, 7) is 1.80. The number of aromatic amines is 1. The Morgan fingerprint density at radius 1 is 1.19 bits per heavy atom. The summed E-state index contributed by atoms with van der Waals surface area (Å²) in [5.41, 5.74) is 2.90. The van der Waals surface area contributed by atoms with Gasteiger partial charge in [-0.05, 0) is 38.2 Å². The highest BCUT2D eigenvalue weighted by molar-refractivity contribution is 8.00. The van der Waals surface area contributed by atoms with Gasteiger partial charge in [0.15, 0.2) is 10.3 Å². The molecule has 1 amide bonds. The number of aryl methyl sites for hydroxylation is 2. The number of hydrogen-bond acceptors (Lipinski definition) is 7. The molecule has 9 heteroatoms. The standard InChI is InChI=1S/C22H20N4O2S3/c1-12(18(27)24-21-23-15(11-29-21)13-7-3-2-4-8-13)30-22-25-19(28)17-14-9-5-6-10-16(14)31-20(17)26-22/h2-4,7-8,11-12H,5-6,9-10H2,1H3,(H,23,24,27)(H,25,26,28). The highest BCUT2D eigenvalue weighted by Gasteiger charge is 2.22. The van der Waals surface area contributed by atoms with Crippen LogP contribution in [-0.4, -0.2) is 26.1 Å². The van der Waals surface area contributed by atoms with Crippen molar-refractivity contribution in [3.05, 3.63) is 56.5 Å². The summed E-state index contributed by atoms with van der Waals surface area (Å²) in [6, 6.07) is 9.85. The van der Waals surface area contributed by atoms with Crippen molar-refractivity contribution < 1.29 is 4.79 Å². The summed E-state index contributed by atoms with van der Waals surface area (Å²) in [7, 11) is 0. The molecule has 1 atom stereocenters. The lowest BCUT2D eigenvalue weighted by atomic mass is 9.97. The normalized spacial score (nSPS) is 14.4. The van der Waals surface area contributed by atoms with Gasteiger partial charge in [0, 0.05) is 15.8 Å². The topological polar surface area (TPSA) is 87.7 Å². The van der Waals surface area contributed by atoms with Gasteiger partial charge >= 0.3 is 0 Å². The Morgan fingerprint density at radius 2 is 2.00 bits per heavy atom. The third kappa shape index (κ3) is 4.17. The summed E-state index contributed by atoms with van der Waals surface area (Å²) in [6.07, 6.45) is 4.26. The van der Waals surface area contributed by atoms with Crippen LogP contribution in [0.2, 0.25) is 0 Å². The zero-order valence-electron chi connectivity index (χ0n) is 16.8. The van der Waals surface area contributed by atoms with Gasteiger partial charge in [0.25, 0.3) is 5.56 Å². The summed E-state index contributed by atoms with van der Waals surface area (Å²) in [5, 5.41) is 6.13. The number of nitrogens with one attached hydrogen (secondary N) is 2. The van der Waals surface area contributed by atoms with Gasteiger partial charge in [-0.3, -0.25) is 9.59 Å². The molecule has 0 saturated heterocycles. The summed E-state index contributed by atoms with van der Waals surface area (Å²) in [4.78, 5) is 39.5. The predicted octanol–water partition coefficient (Wildman–Crippen LogP) is 5.11. The second-order valence-electron chi connectivity index (χ2n) is 7.42. The monoisotopic (exact) mass is 468 g/mol. The van der Waals surface area contributed by atoms with Gasteiger partial charge in [-0.15, -0.1) is 22.7 Å². The minimum atomic E-state index is -0.431. The van der Waals surface area contributed by atoms with Crippen molar-refractivity contribution in [2.24, 2.45) is 0 Å². The number of anilines is 1. The SMILES string of the molecule is CC(Sc1nc2sc3c(c2c(=O)[nH]1)CCCC3)C(=O)Nc1nc(-c2ccccc2)cs1. The van der Waals surface area contributed by atoms with E-state index >= 15 is 0 Å². The van der Waals surface area contributed by atoms with Crippen LogP contribution in [0.5, 0.6) is 0 Å². The lowest BCUT2D eigenvalue weighted by Crippen LogP contribution is -2.23. The first-order valence-corrected chi connectivity index (χ1v) is 12.7. The Hall–Kier alpha value is -2.49. The number of thiophene rings is 1. The van der Waals surface area contributed by atoms with E-state index in [2.05, 4.69) is 20.3 Å². The predicted molar refractivity (Wildman–Crippen MR) is 128 cm³/mol. The molecule has 0 spiro atoms. The molecule has 3 heterocycles. The quantitative estimate of drug-likeness (QED) is 0.314. The molecule has 2 N–H and O–H groups in total. The molecule has 3 aromatic heterocycles. The molecular formula is C22H20N4O2S3. The number of benzene rings is 1. The van der Waals surface area contributed by atoms with Crippen molar-refractivity contribution in [3.8, 4) is 11.3 Å². The Balaban J connectivity index is 1.30. The van der Waals surface area contributed by atoms with E-state index in [1.807, 2.05) is 35.7 Å². The number of thiazole rings is 1. The first kappa shape index (κ1) is 20.4. The summed E-state index contributed by atoms with van der Waals surface area (Å²) >= 11 is 4.26. The van der Waals surface area contributed by atoms with E-state index in [0.29, 0.717) is 10.3 Å². The van der Waals surface area contributed by atoms with E-state index in [-0.39, 0.29) is 11.5 Å². The molecular weight excluding hydrogens is 448 g/mol. The molecule has 0 aliphatic heterocycles. The number of nitrogens with zero attached hydrogens (tertiary/aromatic N) is 2. The largest absolute Gasteiger partial charge is 0.301 e. The average molecular weight is 469 g/mol. The maximum absolute atomic E-state index is 12.7. The Labute approximate surface area is 191 Å². The van der Waals surface area contributed by atoms with E-state index in [0.717, 1.165) is 40.7 Å². The Bertz CT molecular complexity index is 1310. The minimum Gasteiger partial charge on any atom is -0.301 e. The van der Waals surface area contributed by atoms with Crippen LogP contribution in [0.25, 0.3) is 21.5 Å². The van der Waals surface area contributed by atoms with Crippen molar-refractivity contribution in [1.82, 2.24) is 15.0 Å². The number of rotatable bonds is 5. The van der Waals surface area contributed by atoms with E-state index in [9.17, 15) is 9.59 Å².